The van der Waals surface area contributed by atoms with E-state index in [-0.39, 0.29) is 0 Å². The zero-order valence-electron chi connectivity index (χ0n) is 11.1. The first kappa shape index (κ1) is 12.5. The average molecular weight is 238 g/mol. The molecule has 1 N–H and O–H groups in total. The van der Waals surface area contributed by atoms with E-state index in [1.165, 1.54) is 0 Å². The molecule has 96 valence electrons. The summed E-state index contributed by atoms with van der Waals surface area (Å²) in [4.78, 5) is 6.81. The van der Waals surface area contributed by atoms with Crippen LogP contribution < -0.4 is 5.32 Å². The lowest BCUT2D eigenvalue weighted by atomic mass is 10.1. The van der Waals surface area contributed by atoms with E-state index in [1.54, 1.807) is 0 Å². The first-order chi connectivity index (χ1) is 8.06. The molecule has 1 fully saturated rings. The Labute approximate surface area is 103 Å². The molecule has 1 aromatic heterocycles. The van der Waals surface area contributed by atoms with Crippen molar-refractivity contribution in [1.29, 1.82) is 0 Å². The van der Waals surface area contributed by atoms with Gasteiger partial charge in [0.1, 0.15) is 0 Å². The lowest BCUT2D eigenvalue weighted by molar-refractivity contribution is 0.123. The van der Waals surface area contributed by atoms with Crippen LogP contribution in [0.25, 0.3) is 0 Å². The van der Waals surface area contributed by atoms with Crippen molar-refractivity contribution in [2.75, 3.05) is 13.1 Å². The Morgan fingerprint density at radius 3 is 2.88 bits per heavy atom. The van der Waals surface area contributed by atoms with Crippen molar-refractivity contribution in [2.24, 2.45) is 0 Å². The standard InChI is InChI=1S/C12H22N4O/c1-8(2)12-14-11(17-15-12)7-16-6-9(3)13-5-10(16)4/h8-10,13H,5-7H2,1-4H3. The second-order valence-electron chi connectivity index (χ2n) is 5.29. The Morgan fingerprint density at radius 1 is 1.47 bits per heavy atom. The summed E-state index contributed by atoms with van der Waals surface area (Å²) in [6.07, 6.45) is 0. The molecular weight excluding hydrogens is 216 g/mol. The van der Waals surface area contributed by atoms with Gasteiger partial charge in [0.25, 0.3) is 0 Å². The first-order valence-corrected chi connectivity index (χ1v) is 6.36. The van der Waals surface area contributed by atoms with Crippen LogP contribution in [-0.4, -0.2) is 40.2 Å². The number of aromatic nitrogens is 2. The Balaban J connectivity index is 1.98. The summed E-state index contributed by atoms with van der Waals surface area (Å²) in [5.41, 5.74) is 0. The maximum absolute atomic E-state index is 5.29. The fourth-order valence-corrected chi connectivity index (χ4v) is 2.06. The summed E-state index contributed by atoms with van der Waals surface area (Å²) < 4.78 is 5.29. The monoisotopic (exact) mass is 238 g/mol. The van der Waals surface area contributed by atoms with E-state index in [0.717, 1.165) is 31.3 Å². The number of nitrogens with zero attached hydrogens (tertiary/aromatic N) is 3. The van der Waals surface area contributed by atoms with Crippen molar-refractivity contribution < 1.29 is 4.52 Å². The predicted octanol–water partition coefficient (Wildman–Crippen LogP) is 1.38. The summed E-state index contributed by atoms with van der Waals surface area (Å²) >= 11 is 0. The first-order valence-electron chi connectivity index (χ1n) is 6.36. The van der Waals surface area contributed by atoms with E-state index in [2.05, 4.69) is 48.1 Å². The van der Waals surface area contributed by atoms with E-state index in [1.807, 2.05) is 0 Å². The van der Waals surface area contributed by atoms with Gasteiger partial charge in [0, 0.05) is 31.1 Å². The molecule has 17 heavy (non-hydrogen) atoms. The predicted molar refractivity (Wildman–Crippen MR) is 65.7 cm³/mol. The maximum atomic E-state index is 5.29. The third kappa shape index (κ3) is 3.04. The second kappa shape index (κ2) is 5.14. The number of hydrogen-bond donors (Lipinski definition) is 1. The highest BCUT2D eigenvalue weighted by Gasteiger charge is 2.24. The lowest BCUT2D eigenvalue weighted by Crippen LogP contribution is -2.53. The van der Waals surface area contributed by atoms with Gasteiger partial charge in [-0.05, 0) is 13.8 Å². The minimum atomic E-state index is 0.326. The molecule has 0 amide bonds. The summed E-state index contributed by atoms with van der Waals surface area (Å²) in [7, 11) is 0. The summed E-state index contributed by atoms with van der Waals surface area (Å²) in [5.74, 6) is 1.86. The van der Waals surface area contributed by atoms with E-state index in [4.69, 9.17) is 4.52 Å². The van der Waals surface area contributed by atoms with Gasteiger partial charge in [-0.15, -0.1) is 0 Å². The van der Waals surface area contributed by atoms with Crippen molar-refractivity contribution in [1.82, 2.24) is 20.4 Å². The number of piperazine rings is 1. The molecule has 0 saturated carbocycles. The van der Waals surface area contributed by atoms with Crippen LogP contribution >= 0.6 is 0 Å². The van der Waals surface area contributed by atoms with E-state index in [0.29, 0.717) is 18.0 Å². The number of nitrogens with one attached hydrogen (secondary N) is 1. The van der Waals surface area contributed by atoms with Crippen LogP contribution in [0, 0.1) is 0 Å². The van der Waals surface area contributed by atoms with Crippen LogP contribution in [0.3, 0.4) is 0 Å². The van der Waals surface area contributed by atoms with Crippen molar-refractivity contribution in [3.05, 3.63) is 11.7 Å². The molecule has 2 unspecified atom stereocenters. The summed E-state index contributed by atoms with van der Waals surface area (Å²) in [6, 6.07) is 1.04. The molecule has 0 radical (unpaired) electrons. The van der Waals surface area contributed by atoms with Crippen molar-refractivity contribution in [2.45, 2.75) is 52.2 Å². The van der Waals surface area contributed by atoms with Gasteiger partial charge in [0.05, 0.1) is 6.54 Å². The third-order valence-corrected chi connectivity index (χ3v) is 3.23. The van der Waals surface area contributed by atoms with Crippen LogP contribution in [0.1, 0.15) is 45.3 Å². The molecule has 2 atom stereocenters. The van der Waals surface area contributed by atoms with E-state index < -0.39 is 0 Å². The van der Waals surface area contributed by atoms with Gasteiger partial charge in [0.15, 0.2) is 5.82 Å². The Morgan fingerprint density at radius 2 is 2.24 bits per heavy atom. The summed E-state index contributed by atoms with van der Waals surface area (Å²) in [6.45, 7) is 11.4. The Bertz CT molecular complexity index is 363. The zero-order chi connectivity index (χ0) is 12.4. The van der Waals surface area contributed by atoms with Gasteiger partial charge in [-0.3, -0.25) is 4.90 Å². The molecule has 1 aliphatic heterocycles. The molecule has 1 saturated heterocycles. The molecule has 5 nitrogen and oxygen atoms in total. The third-order valence-electron chi connectivity index (χ3n) is 3.23. The summed E-state index contributed by atoms with van der Waals surface area (Å²) in [5, 5.41) is 7.46. The maximum Gasteiger partial charge on any atom is 0.240 e. The minimum absolute atomic E-state index is 0.326. The van der Waals surface area contributed by atoms with Crippen molar-refractivity contribution in [3.8, 4) is 0 Å². The van der Waals surface area contributed by atoms with Crippen LogP contribution in [0.2, 0.25) is 0 Å². The van der Waals surface area contributed by atoms with Gasteiger partial charge >= 0.3 is 0 Å². The van der Waals surface area contributed by atoms with Gasteiger partial charge in [-0.2, -0.15) is 4.98 Å². The quantitative estimate of drug-likeness (QED) is 0.862. The molecule has 0 spiro atoms. The Hall–Kier alpha value is -0.940. The molecule has 1 aliphatic rings. The van der Waals surface area contributed by atoms with Gasteiger partial charge < -0.3 is 9.84 Å². The highest BCUT2D eigenvalue weighted by atomic mass is 16.5. The molecule has 1 aromatic rings. The molecule has 0 aliphatic carbocycles. The zero-order valence-corrected chi connectivity index (χ0v) is 11.1. The van der Waals surface area contributed by atoms with Gasteiger partial charge in [0.2, 0.25) is 5.89 Å². The molecule has 2 heterocycles. The highest BCUT2D eigenvalue weighted by molar-refractivity contribution is 4.93. The van der Waals surface area contributed by atoms with Gasteiger partial charge in [-0.1, -0.05) is 19.0 Å². The van der Waals surface area contributed by atoms with Crippen LogP contribution in [0.15, 0.2) is 4.52 Å². The molecule has 5 heteroatoms. The smallest absolute Gasteiger partial charge is 0.240 e. The topological polar surface area (TPSA) is 54.2 Å². The van der Waals surface area contributed by atoms with E-state index >= 15 is 0 Å². The van der Waals surface area contributed by atoms with Crippen LogP contribution in [0.4, 0.5) is 0 Å². The van der Waals surface area contributed by atoms with Crippen molar-refractivity contribution in [3.63, 3.8) is 0 Å². The lowest BCUT2D eigenvalue weighted by Gasteiger charge is -2.36. The molecule has 0 bridgehead atoms. The Kier molecular flexibility index (Phi) is 3.79. The van der Waals surface area contributed by atoms with Crippen LogP contribution in [-0.2, 0) is 6.54 Å². The normalized spacial score (nSPS) is 26.6. The average Bonchev–Trinajstić information content (AvgIpc) is 2.72. The van der Waals surface area contributed by atoms with Crippen LogP contribution in [0.5, 0.6) is 0 Å². The molecule has 0 aromatic carbocycles. The fourth-order valence-electron chi connectivity index (χ4n) is 2.06. The number of rotatable bonds is 3. The SMILES string of the molecule is CC1CN(Cc2nc(C(C)C)no2)C(C)CN1. The van der Waals surface area contributed by atoms with Crippen molar-refractivity contribution >= 4 is 0 Å². The minimum Gasteiger partial charge on any atom is -0.338 e. The molecular formula is C12H22N4O. The second-order valence-corrected chi connectivity index (χ2v) is 5.29. The van der Waals surface area contributed by atoms with Gasteiger partial charge in [-0.25, -0.2) is 0 Å². The fraction of sp³-hybridized carbons (Fsp3) is 0.833. The largest absolute Gasteiger partial charge is 0.338 e. The highest BCUT2D eigenvalue weighted by Crippen LogP contribution is 2.14. The molecule has 2 rings (SSSR count). The number of hydrogen-bond acceptors (Lipinski definition) is 5. The van der Waals surface area contributed by atoms with E-state index in [9.17, 15) is 0 Å².